The van der Waals surface area contributed by atoms with E-state index in [0.717, 1.165) is 0 Å². The maximum Gasteiger partial charge on any atom is 0.490 e. The van der Waals surface area contributed by atoms with Crippen LogP contribution in [0, 0.1) is 11.3 Å². The summed E-state index contributed by atoms with van der Waals surface area (Å²) in [6, 6.07) is 1.69. The first-order valence-corrected chi connectivity index (χ1v) is 6.65. The second-order valence-corrected chi connectivity index (χ2v) is 5.68. The van der Waals surface area contributed by atoms with Crippen molar-refractivity contribution in [2.24, 2.45) is 5.73 Å². The van der Waals surface area contributed by atoms with Gasteiger partial charge in [0.05, 0.1) is 18.0 Å². The third-order valence-corrected chi connectivity index (χ3v) is 4.25. The number of nitrogens with two attached hydrogens (primary N) is 1. The molecule has 2 rings (SSSR count). The van der Waals surface area contributed by atoms with Gasteiger partial charge in [0.25, 0.3) is 0 Å². The molecule has 0 aliphatic carbocycles. The fourth-order valence-corrected chi connectivity index (χ4v) is 3.34. The summed E-state index contributed by atoms with van der Waals surface area (Å²) in [5, 5.41) is 25.0. The fraction of sp³-hybridized carbons (Fsp3) is 0.700. The molecule has 2 heterocycles. The van der Waals surface area contributed by atoms with E-state index in [0.29, 0.717) is 12.2 Å². The number of hydrogen-bond acceptors (Lipinski definition) is 6. The van der Waals surface area contributed by atoms with E-state index in [1.165, 1.54) is 4.90 Å². The van der Waals surface area contributed by atoms with Crippen LogP contribution < -0.4 is 5.73 Å². The second kappa shape index (κ2) is 6.08. The van der Waals surface area contributed by atoms with Gasteiger partial charge in [-0.2, -0.15) is 18.4 Å². The Morgan fingerprint density at radius 3 is 2.52 bits per heavy atom. The third-order valence-electron chi connectivity index (χ3n) is 2.97. The highest BCUT2D eigenvalue weighted by molar-refractivity contribution is 8.00. The molecule has 0 aromatic heterocycles. The van der Waals surface area contributed by atoms with Gasteiger partial charge in [0.2, 0.25) is 5.91 Å². The summed E-state index contributed by atoms with van der Waals surface area (Å²) in [4.78, 5) is 22.2. The number of carbonyl (C=O) groups is 2. The minimum Gasteiger partial charge on any atom is -0.475 e. The van der Waals surface area contributed by atoms with Crippen molar-refractivity contribution in [1.29, 1.82) is 5.26 Å². The molecule has 21 heavy (non-hydrogen) atoms. The summed E-state index contributed by atoms with van der Waals surface area (Å²) in [6.07, 6.45) is -4.65. The molecule has 4 N–H and O–H groups in total. The summed E-state index contributed by atoms with van der Waals surface area (Å²) < 4.78 is 31.7. The van der Waals surface area contributed by atoms with Crippen LogP contribution in [0.2, 0.25) is 0 Å². The second-order valence-electron chi connectivity index (χ2n) is 4.47. The lowest BCUT2D eigenvalue weighted by molar-refractivity contribution is -0.192. The predicted octanol–water partition coefficient (Wildman–Crippen LogP) is -0.493. The zero-order valence-electron chi connectivity index (χ0n) is 10.5. The molecule has 11 heteroatoms. The average Bonchev–Trinajstić information content (AvgIpc) is 2.89. The zero-order chi connectivity index (χ0) is 16.4. The molecule has 2 saturated heterocycles. The molecule has 0 saturated carbocycles. The van der Waals surface area contributed by atoms with Gasteiger partial charge in [0.15, 0.2) is 0 Å². The molecule has 7 nitrogen and oxygen atoms in total. The average molecular weight is 327 g/mol. The van der Waals surface area contributed by atoms with Gasteiger partial charge in [-0.15, -0.1) is 11.8 Å². The number of amides is 1. The van der Waals surface area contributed by atoms with Gasteiger partial charge in [0.1, 0.15) is 11.6 Å². The van der Waals surface area contributed by atoms with E-state index < -0.39 is 17.7 Å². The summed E-state index contributed by atoms with van der Waals surface area (Å²) in [7, 11) is 0. The predicted molar refractivity (Wildman–Crippen MR) is 64.8 cm³/mol. The number of hydrogen-bond donors (Lipinski definition) is 3. The SMILES string of the molecule is N#C[C@@H]1CS[C@H]2C[C@](N)(CO)C(=O)N12.O=C(O)C(F)(F)F. The molecule has 118 valence electrons. The number of carbonyl (C=O) groups excluding carboxylic acids is 1. The largest absolute Gasteiger partial charge is 0.490 e. The molecule has 0 bridgehead atoms. The molecule has 0 aromatic carbocycles. The van der Waals surface area contributed by atoms with Gasteiger partial charge in [-0.25, -0.2) is 4.79 Å². The van der Waals surface area contributed by atoms with Gasteiger partial charge in [-0.1, -0.05) is 0 Å². The highest BCUT2D eigenvalue weighted by Gasteiger charge is 2.54. The maximum absolute atomic E-state index is 11.8. The topological polar surface area (TPSA) is 128 Å². The van der Waals surface area contributed by atoms with Gasteiger partial charge < -0.3 is 20.8 Å². The van der Waals surface area contributed by atoms with Crippen LogP contribution in [0.25, 0.3) is 0 Å². The van der Waals surface area contributed by atoms with Crippen molar-refractivity contribution in [3.8, 4) is 6.07 Å². The van der Waals surface area contributed by atoms with E-state index in [4.69, 9.17) is 26.0 Å². The lowest BCUT2D eigenvalue weighted by atomic mass is 10.0. The Hall–Kier alpha value is -1.51. The standard InChI is InChI=1S/C8H11N3O2S.C2HF3O2/c9-2-5-3-14-6-1-8(10,4-12)7(13)11(5)6;3-2(4,5)1(6)7/h5-6,12H,1,3-4,10H2;(H,6,7)/t5-,6+,8+;/m1./s1. The molecule has 0 spiro atoms. The first kappa shape index (κ1) is 17.5. The number of alkyl halides is 3. The van der Waals surface area contributed by atoms with Crippen molar-refractivity contribution < 1.29 is 33.0 Å². The van der Waals surface area contributed by atoms with E-state index >= 15 is 0 Å². The molecule has 1 amide bonds. The van der Waals surface area contributed by atoms with Crippen LogP contribution in [0.1, 0.15) is 6.42 Å². The van der Waals surface area contributed by atoms with Crippen molar-refractivity contribution in [2.45, 2.75) is 29.6 Å². The smallest absolute Gasteiger partial charge is 0.475 e. The Kier molecular flexibility index (Phi) is 5.08. The van der Waals surface area contributed by atoms with E-state index in [1.54, 1.807) is 11.8 Å². The molecule has 2 aliphatic heterocycles. The molecule has 2 fully saturated rings. The molecule has 3 atom stereocenters. The molecule has 0 aromatic rings. The number of rotatable bonds is 1. The van der Waals surface area contributed by atoms with Crippen molar-refractivity contribution in [1.82, 2.24) is 4.90 Å². The number of carboxylic acids is 1. The summed E-state index contributed by atoms with van der Waals surface area (Å²) in [5.41, 5.74) is 4.59. The van der Waals surface area contributed by atoms with Crippen LogP contribution >= 0.6 is 11.8 Å². The van der Waals surface area contributed by atoms with E-state index in [-0.39, 0.29) is 23.9 Å². The Bertz CT molecular complexity index is 481. The van der Waals surface area contributed by atoms with Crippen molar-refractivity contribution in [3.05, 3.63) is 0 Å². The minimum atomic E-state index is -5.08. The number of nitrogens with zero attached hydrogens (tertiary/aromatic N) is 2. The molecule has 0 radical (unpaired) electrons. The summed E-state index contributed by atoms with van der Waals surface area (Å²) >= 11 is 1.56. The van der Waals surface area contributed by atoms with Crippen molar-refractivity contribution in [2.75, 3.05) is 12.4 Å². The lowest BCUT2D eigenvalue weighted by Crippen LogP contribution is -2.52. The summed E-state index contributed by atoms with van der Waals surface area (Å²) in [6.45, 7) is -0.350. The number of thioether (sulfide) groups is 1. The van der Waals surface area contributed by atoms with Crippen LogP contribution in [-0.2, 0) is 9.59 Å². The van der Waals surface area contributed by atoms with Gasteiger partial charge >= 0.3 is 12.1 Å². The van der Waals surface area contributed by atoms with Crippen molar-refractivity contribution in [3.63, 3.8) is 0 Å². The fourth-order valence-electron chi connectivity index (χ4n) is 1.88. The zero-order valence-corrected chi connectivity index (χ0v) is 11.3. The molecular weight excluding hydrogens is 315 g/mol. The van der Waals surface area contributed by atoms with E-state index in [9.17, 15) is 18.0 Å². The molecule has 2 aliphatic rings. The maximum atomic E-state index is 11.8. The minimum absolute atomic E-state index is 0.0238. The first-order chi connectivity index (χ1) is 9.56. The number of aliphatic carboxylic acids is 1. The Morgan fingerprint density at radius 2 is 2.14 bits per heavy atom. The number of fused-ring (bicyclic) bond motifs is 1. The molecular formula is C10H12F3N3O4S. The van der Waals surface area contributed by atoms with E-state index in [1.807, 2.05) is 0 Å². The number of aliphatic hydroxyl groups is 1. The highest BCUT2D eigenvalue weighted by atomic mass is 32.2. The van der Waals surface area contributed by atoms with E-state index in [2.05, 4.69) is 6.07 Å². The Balaban J connectivity index is 0.000000270. The lowest BCUT2D eigenvalue weighted by Gasteiger charge is -2.21. The van der Waals surface area contributed by atoms with Crippen LogP contribution in [0.5, 0.6) is 0 Å². The van der Waals surface area contributed by atoms with Gasteiger partial charge in [-0.05, 0) is 0 Å². The number of carboxylic acid groups (broad SMARTS) is 1. The van der Waals surface area contributed by atoms with Crippen LogP contribution in [0.3, 0.4) is 0 Å². The van der Waals surface area contributed by atoms with Crippen LogP contribution in [-0.4, -0.2) is 62.5 Å². The summed E-state index contributed by atoms with van der Waals surface area (Å²) in [5.74, 6) is -2.40. The number of halogens is 3. The van der Waals surface area contributed by atoms with Crippen LogP contribution in [0.15, 0.2) is 0 Å². The van der Waals surface area contributed by atoms with Gasteiger partial charge in [-0.3, -0.25) is 4.79 Å². The van der Waals surface area contributed by atoms with Gasteiger partial charge in [0, 0.05) is 12.2 Å². The molecule has 0 unspecified atom stereocenters. The van der Waals surface area contributed by atoms with Crippen LogP contribution in [0.4, 0.5) is 13.2 Å². The monoisotopic (exact) mass is 327 g/mol. The number of nitriles is 1. The quantitative estimate of drug-likeness (QED) is 0.593. The Morgan fingerprint density at radius 1 is 1.62 bits per heavy atom. The third kappa shape index (κ3) is 3.58. The van der Waals surface area contributed by atoms with Crippen molar-refractivity contribution >= 4 is 23.6 Å². The highest BCUT2D eigenvalue weighted by Crippen LogP contribution is 2.40. The Labute approximate surface area is 121 Å². The number of aliphatic hydroxyl groups excluding tert-OH is 1. The first-order valence-electron chi connectivity index (χ1n) is 5.60. The normalized spacial score (nSPS) is 31.2.